The Morgan fingerprint density at radius 2 is 1.76 bits per heavy atom. The number of esters is 1. The number of hydrogen-bond acceptors (Lipinski definition) is 11. The second-order valence-electron chi connectivity index (χ2n) is 12.9. The number of fused-ring (bicyclic) bond motifs is 7. The number of rotatable bonds is 8. The van der Waals surface area contributed by atoms with Gasteiger partial charge in [0, 0.05) is 42.2 Å². The number of morpholine rings is 2. The van der Waals surface area contributed by atoms with Crippen molar-refractivity contribution in [3.8, 4) is 5.75 Å². The summed E-state index contributed by atoms with van der Waals surface area (Å²) in [7, 11) is -3.29. The topological polar surface area (TPSA) is 141 Å². The number of carbonyl (C=O) groups is 2. The summed E-state index contributed by atoms with van der Waals surface area (Å²) in [6, 6.07) is 9.73. The Kier molecular flexibility index (Phi) is 8.42. The fourth-order valence-corrected chi connectivity index (χ4v) is 9.40. The molecule has 1 aliphatic carbocycles. The summed E-state index contributed by atoms with van der Waals surface area (Å²) < 4.78 is 75.1. The van der Waals surface area contributed by atoms with Gasteiger partial charge >= 0.3 is 13.7 Å². The smallest absolute Gasteiger partial charge is 0.459 e. The average Bonchev–Trinajstić information content (AvgIpc) is 3.93. The molecule has 2 aromatic carbocycles. The number of pyridine rings is 1. The van der Waals surface area contributed by atoms with Crippen LogP contribution in [-0.4, -0.2) is 86.4 Å². The van der Waals surface area contributed by atoms with E-state index >= 15 is 8.78 Å². The van der Waals surface area contributed by atoms with Gasteiger partial charge in [0.1, 0.15) is 17.7 Å². The molecule has 1 N–H and O–H groups in total. The van der Waals surface area contributed by atoms with Crippen LogP contribution in [0.2, 0.25) is 0 Å². The fourth-order valence-electron chi connectivity index (χ4n) is 7.65. The van der Waals surface area contributed by atoms with Crippen LogP contribution in [-0.2, 0) is 28.1 Å². The van der Waals surface area contributed by atoms with Crippen LogP contribution in [0.3, 0.4) is 0 Å². The number of aromatic nitrogens is 1. The van der Waals surface area contributed by atoms with Crippen molar-refractivity contribution < 1.29 is 46.2 Å². The Bertz CT molecular complexity index is 2030. The van der Waals surface area contributed by atoms with E-state index in [1.165, 1.54) is 28.9 Å². The zero-order chi connectivity index (χ0) is 35.7. The molecule has 3 aromatic rings. The van der Waals surface area contributed by atoms with Gasteiger partial charge in [-0.15, -0.1) is 0 Å². The molecule has 3 fully saturated rings. The zero-order valence-corrected chi connectivity index (χ0v) is 28.8. The molecular formula is C34H36F2N5O9P. The highest BCUT2D eigenvalue weighted by Crippen LogP contribution is 2.53. The quantitative estimate of drug-likeness (QED) is 0.269. The minimum Gasteiger partial charge on any atom is -0.468 e. The molecule has 8 rings (SSSR count). The monoisotopic (exact) mass is 727 g/mol. The molecule has 270 valence electrons. The average molecular weight is 728 g/mol. The van der Waals surface area contributed by atoms with Gasteiger partial charge in [0.15, 0.2) is 17.3 Å². The summed E-state index contributed by atoms with van der Waals surface area (Å²) in [4.78, 5) is 44.3. The molecule has 0 radical (unpaired) electrons. The van der Waals surface area contributed by atoms with E-state index < -0.39 is 66.2 Å². The summed E-state index contributed by atoms with van der Waals surface area (Å²) in [5.41, 5.74) is -0.379. The molecule has 5 heterocycles. The largest absolute Gasteiger partial charge is 0.468 e. The summed E-state index contributed by atoms with van der Waals surface area (Å²) >= 11 is 0. The van der Waals surface area contributed by atoms with Crippen molar-refractivity contribution in [1.82, 2.24) is 14.7 Å². The third kappa shape index (κ3) is 5.43. The molecule has 51 heavy (non-hydrogen) atoms. The number of ether oxygens (including phenoxy) is 3. The van der Waals surface area contributed by atoms with Gasteiger partial charge in [-0.3, -0.25) is 28.6 Å². The lowest BCUT2D eigenvalue weighted by Gasteiger charge is -2.51. The molecule has 0 spiro atoms. The highest BCUT2D eigenvalue weighted by molar-refractivity contribution is 7.52. The van der Waals surface area contributed by atoms with Crippen LogP contribution in [0.25, 0.3) is 0 Å². The molecule has 4 aliphatic heterocycles. The normalized spacial score (nSPS) is 24.2. The first-order valence-corrected chi connectivity index (χ1v) is 18.3. The van der Waals surface area contributed by atoms with Crippen molar-refractivity contribution >= 4 is 25.3 Å². The van der Waals surface area contributed by atoms with Crippen LogP contribution in [0.5, 0.6) is 5.75 Å². The maximum Gasteiger partial charge on any atom is 0.459 e. The molecule has 2 saturated heterocycles. The number of halogens is 2. The Labute approximate surface area is 291 Å². The Morgan fingerprint density at radius 1 is 1.02 bits per heavy atom. The minimum atomic E-state index is -4.49. The van der Waals surface area contributed by atoms with Gasteiger partial charge in [-0.1, -0.05) is 24.3 Å². The molecule has 5 aliphatic rings. The third-order valence-corrected chi connectivity index (χ3v) is 11.8. The minimum absolute atomic E-state index is 0.0437. The van der Waals surface area contributed by atoms with Crippen LogP contribution in [0.4, 0.5) is 14.5 Å². The summed E-state index contributed by atoms with van der Waals surface area (Å²) in [5, 5.41) is 4.45. The van der Waals surface area contributed by atoms with Crippen molar-refractivity contribution in [1.29, 1.82) is 0 Å². The number of hydrogen-bond donors (Lipinski definition) is 1. The fraction of sp³-hybridized carbons (Fsp3) is 0.441. The number of amides is 1. The third-order valence-electron chi connectivity index (χ3n) is 10.1. The van der Waals surface area contributed by atoms with Crippen LogP contribution >= 0.6 is 7.75 Å². The lowest BCUT2D eigenvalue weighted by molar-refractivity contribution is -0.143. The molecule has 0 bridgehead atoms. The zero-order valence-electron chi connectivity index (χ0n) is 27.9. The molecule has 14 nitrogen and oxygen atoms in total. The lowest BCUT2D eigenvalue weighted by atomic mass is 9.91. The Morgan fingerprint density at radius 3 is 2.51 bits per heavy atom. The van der Waals surface area contributed by atoms with Gasteiger partial charge in [0.05, 0.1) is 46.2 Å². The number of benzene rings is 2. The maximum absolute atomic E-state index is 16.2. The van der Waals surface area contributed by atoms with Crippen molar-refractivity contribution in [3.05, 3.63) is 92.9 Å². The molecule has 1 amide bonds. The van der Waals surface area contributed by atoms with Crippen molar-refractivity contribution in [3.63, 3.8) is 0 Å². The van der Waals surface area contributed by atoms with Gasteiger partial charge < -0.3 is 28.5 Å². The summed E-state index contributed by atoms with van der Waals surface area (Å²) in [6.07, 6.45) is 1.18. The standard InChI is InChI=1S/C34H36F2N5O9P/c1-3-49-51(45,37-34(11-12-34)33(44)46-2)50-31-25(42)10-13-40-30(31)32(43)39-15-17-48-19-26(39)41(40)29-20-6-4-5-7-23(20)38-14-16-47-18-24(38)27-21(29)8-9-22(35)28(27)36/h4-10,13,24,26,29H,3,11-12,14-19H2,1-2H3,(H,37,45). The Hall–Kier alpha value is -4.34. The van der Waals surface area contributed by atoms with Crippen LogP contribution < -0.4 is 24.9 Å². The maximum atomic E-state index is 16.2. The highest BCUT2D eigenvalue weighted by atomic mass is 31.2. The van der Waals surface area contributed by atoms with E-state index in [4.69, 9.17) is 23.3 Å². The summed E-state index contributed by atoms with van der Waals surface area (Å²) in [6.45, 7) is 2.70. The first kappa shape index (κ1) is 33.8. The van der Waals surface area contributed by atoms with Gasteiger partial charge in [0.25, 0.3) is 5.91 Å². The summed E-state index contributed by atoms with van der Waals surface area (Å²) in [5.74, 6) is -3.88. The van der Waals surface area contributed by atoms with E-state index in [2.05, 4.69) is 5.09 Å². The first-order chi connectivity index (χ1) is 24.6. The van der Waals surface area contributed by atoms with Gasteiger partial charge in [-0.25, -0.2) is 13.3 Å². The van der Waals surface area contributed by atoms with E-state index in [0.29, 0.717) is 18.7 Å². The molecule has 1 saturated carbocycles. The number of carbonyl (C=O) groups excluding carboxylic acids is 2. The number of anilines is 1. The number of methoxy groups -OCH3 is 1. The van der Waals surface area contributed by atoms with Crippen molar-refractivity contribution in [2.24, 2.45) is 0 Å². The molecular weight excluding hydrogens is 691 g/mol. The number of nitrogens with one attached hydrogen (secondary N) is 1. The van der Waals surface area contributed by atoms with Crippen LogP contribution in [0.1, 0.15) is 59.0 Å². The van der Waals surface area contributed by atoms with Gasteiger partial charge in [-0.2, -0.15) is 5.09 Å². The highest BCUT2D eigenvalue weighted by Gasteiger charge is 2.57. The Balaban J connectivity index is 1.35. The SMILES string of the molecule is CCOP(=O)(NC1(C(=O)OC)CC1)Oc1c2n(ccc1=O)N(C1c3ccccc3N3CCOCC3c3c1ccc(F)c3F)C1COCCN1C2=O. The van der Waals surface area contributed by atoms with Gasteiger partial charge in [-0.05, 0) is 37.5 Å². The second-order valence-corrected chi connectivity index (χ2v) is 14.6. The number of nitrogens with zero attached hydrogens (tertiary/aromatic N) is 4. The predicted molar refractivity (Wildman–Crippen MR) is 177 cm³/mol. The van der Waals surface area contributed by atoms with Crippen LogP contribution in [0.15, 0.2) is 53.5 Å². The molecule has 4 atom stereocenters. The van der Waals surface area contributed by atoms with E-state index in [9.17, 15) is 18.9 Å². The van der Waals surface area contributed by atoms with E-state index in [1.54, 1.807) is 11.9 Å². The second kappa shape index (κ2) is 12.7. The van der Waals surface area contributed by atoms with Crippen molar-refractivity contribution in [2.75, 3.05) is 63.1 Å². The number of para-hydroxylation sites is 1. The van der Waals surface area contributed by atoms with E-state index in [-0.39, 0.29) is 57.1 Å². The predicted octanol–water partition coefficient (Wildman–Crippen LogP) is 3.38. The molecule has 17 heteroatoms. The van der Waals surface area contributed by atoms with Crippen LogP contribution in [0, 0.1) is 11.6 Å². The molecule has 1 aromatic heterocycles. The van der Waals surface area contributed by atoms with E-state index in [0.717, 1.165) is 23.4 Å². The first-order valence-electron chi connectivity index (χ1n) is 16.8. The molecule has 4 unspecified atom stereocenters. The van der Waals surface area contributed by atoms with Crippen molar-refractivity contribution in [2.45, 2.75) is 43.6 Å². The van der Waals surface area contributed by atoms with E-state index in [1.807, 2.05) is 29.2 Å². The van der Waals surface area contributed by atoms with Gasteiger partial charge in [0.2, 0.25) is 11.2 Å². The lowest BCUT2D eigenvalue weighted by Crippen LogP contribution is -2.66.